The highest BCUT2D eigenvalue weighted by Crippen LogP contribution is 2.38. The summed E-state index contributed by atoms with van der Waals surface area (Å²) in [6.07, 6.45) is 0. The molecule has 0 bridgehead atoms. The van der Waals surface area contributed by atoms with Gasteiger partial charge in [-0.25, -0.2) is 0 Å². The molecule has 1 aliphatic heterocycles. The molecule has 2 aromatic rings. The van der Waals surface area contributed by atoms with Crippen LogP contribution in [-0.2, 0) is 0 Å². The fourth-order valence-corrected chi connectivity index (χ4v) is 3.16. The maximum atomic E-state index is 13.0. The monoisotopic (exact) mass is 397 g/mol. The Bertz CT molecular complexity index is 928. The van der Waals surface area contributed by atoms with Gasteiger partial charge in [-0.15, -0.1) is 0 Å². The molecule has 0 aliphatic carbocycles. The zero-order valence-electron chi connectivity index (χ0n) is 16.5. The van der Waals surface area contributed by atoms with Gasteiger partial charge in [-0.05, 0) is 24.3 Å². The first-order chi connectivity index (χ1) is 14.0. The summed E-state index contributed by atoms with van der Waals surface area (Å²) in [5.41, 5.74) is 6.99. The molecule has 0 aromatic heterocycles. The molecule has 8 nitrogen and oxygen atoms in total. The number of nitrogens with zero attached hydrogens (tertiary/aromatic N) is 1. The van der Waals surface area contributed by atoms with Crippen LogP contribution in [0.4, 0.5) is 0 Å². The lowest BCUT2D eigenvalue weighted by atomic mass is 9.95. The number of amides is 1. The van der Waals surface area contributed by atoms with E-state index in [4.69, 9.17) is 19.9 Å². The van der Waals surface area contributed by atoms with Gasteiger partial charge in [0.1, 0.15) is 5.84 Å². The van der Waals surface area contributed by atoms with Gasteiger partial charge < -0.3 is 25.3 Å². The molecule has 0 radical (unpaired) electrons. The van der Waals surface area contributed by atoms with E-state index in [0.29, 0.717) is 47.3 Å². The second-order valence-electron chi connectivity index (χ2n) is 6.49. The third kappa shape index (κ3) is 4.16. The second kappa shape index (κ2) is 8.64. The molecule has 29 heavy (non-hydrogen) atoms. The number of carbonyl (C=O) groups excluding carboxylic acids is 2. The number of rotatable bonds is 7. The number of hydrogen-bond acceptors (Lipinski definition) is 7. The summed E-state index contributed by atoms with van der Waals surface area (Å²) in [5.74, 6) is 1.10. The average molecular weight is 397 g/mol. The van der Waals surface area contributed by atoms with E-state index in [0.717, 1.165) is 5.56 Å². The van der Waals surface area contributed by atoms with Gasteiger partial charge in [0.05, 0.1) is 33.8 Å². The number of amidine groups is 1. The molecule has 0 saturated heterocycles. The number of nitrogens with one attached hydrogen (secondary N) is 1. The van der Waals surface area contributed by atoms with Gasteiger partial charge >= 0.3 is 0 Å². The quantitative estimate of drug-likeness (QED) is 0.687. The Labute approximate surface area is 168 Å². The Kier molecular flexibility index (Phi) is 6.01. The fourth-order valence-electron chi connectivity index (χ4n) is 3.16. The molecule has 0 saturated carbocycles. The fraction of sp³-hybridized carbons (Fsp3) is 0.286. The molecule has 3 rings (SSSR count). The van der Waals surface area contributed by atoms with Crippen molar-refractivity contribution in [3.8, 4) is 17.2 Å². The first-order valence-electron chi connectivity index (χ1n) is 9.01. The van der Waals surface area contributed by atoms with E-state index in [-0.39, 0.29) is 11.7 Å². The number of Topliss-reactive ketones (excluding diaryl/α,β-unsaturated/α-hetero) is 1. The van der Waals surface area contributed by atoms with E-state index >= 15 is 0 Å². The largest absolute Gasteiger partial charge is 0.493 e. The highest BCUT2D eigenvalue weighted by atomic mass is 16.5. The van der Waals surface area contributed by atoms with E-state index < -0.39 is 5.91 Å². The molecule has 1 amide bonds. The van der Waals surface area contributed by atoms with Crippen LogP contribution in [0.2, 0.25) is 0 Å². The van der Waals surface area contributed by atoms with Gasteiger partial charge in [0, 0.05) is 23.2 Å². The number of carbonyl (C=O) groups is 2. The smallest absolute Gasteiger partial charge is 0.248 e. The number of benzene rings is 2. The lowest BCUT2D eigenvalue weighted by Gasteiger charge is -2.23. The van der Waals surface area contributed by atoms with Gasteiger partial charge in [0.15, 0.2) is 17.3 Å². The summed E-state index contributed by atoms with van der Waals surface area (Å²) >= 11 is 0. The molecule has 1 heterocycles. The van der Waals surface area contributed by atoms with Crippen LogP contribution in [-0.4, -0.2) is 51.9 Å². The van der Waals surface area contributed by atoms with Crippen LogP contribution in [0.25, 0.3) is 0 Å². The topological polar surface area (TPSA) is 112 Å². The van der Waals surface area contributed by atoms with Gasteiger partial charge in [-0.2, -0.15) is 0 Å². The maximum Gasteiger partial charge on any atom is 0.248 e. The first-order valence-corrected chi connectivity index (χ1v) is 9.01. The average Bonchev–Trinajstić information content (AvgIpc) is 2.77. The van der Waals surface area contributed by atoms with Crippen LogP contribution in [0.1, 0.15) is 26.3 Å². The van der Waals surface area contributed by atoms with E-state index in [1.807, 2.05) is 0 Å². The minimum absolute atomic E-state index is 0.0661. The summed E-state index contributed by atoms with van der Waals surface area (Å²) < 4.78 is 16.0. The van der Waals surface area contributed by atoms with Gasteiger partial charge in [0.25, 0.3) is 0 Å². The first kappa shape index (κ1) is 20.2. The molecule has 3 N–H and O–H groups in total. The number of ether oxygens (including phenoxy) is 3. The van der Waals surface area contributed by atoms with Crippen molar-refractivity contribution >= 4 is 17.5 Å². The Morgan fingerprint density at radius 1 is 1.00 bits per heavy atom. The normalized spacial score (nSPS) is 15.7. The van der Waals surface area contributed by atoms with Crippen molar-refractivity contribution in [2.45, 2.75) is 0 Å². The van der Waals surface area contributed by atoms with Gasteiger partial charge in [-0.3, -0.25) is 14.6 Å². The molecular formula is C21H23N3O5. The van der Waals surface area contributed by atoms with Gasteiger partial charge in [0.2, 0.25) is 11.7 Å². The summed E-state index contributed by atoms with van der Waals surface area (Å²) in [5, 5.41) is 3.19. The zero-order chi connectivity index (χ0) is 21.0. The van der Waals surface area contributed by atoms with Crippen LogP contribution in [0.3, 0.4) is 0 Å². The summed E-state index contributed by atoms with van der Waals surface area (Å²) in [6.45, 7) is 0.779. The van der Waals surface area contributed by atoms with Crippen molar-refractivity contribution in [2.24, 2.45) is 16.6 Å². The van der Waals surface area contributed by atoms with Crippen LogP contribution in [0, 0.1) is 5.92 Å². The van der Waals surface area contributed by atoms with Crippen LogP contribution >= 0.6 is 0 Å². The minimum Gasteiger partial charge on any atom is -0.493 e. The van der Waals surface area contributed by atoms with Crippen molar-refractivity contribution in [3.63, 3.8) is 0 Å². The molecule has 0 fully saturated rings. The SMILES string of the molecule is COc1cc(C(=O)C2CN=C(c3ccc(C(N)=O)cc3)NC2)cc(OC)c1OC. The predicted molar refractivity (Wildman–Crippen MR) is 108 cm³/mol. The van der Waals surface area contributed by atoms with Crippen molar-refractivity contribution in [2.75, 3.05) is 34.4 Å². The number of primary amides is 1. The van der Waals surface area contributed by atoms with Crippen LogP contribution < -0.4 is 25.3 Å². The molecule has 1 unspecified atom stereocenters. The number of aliphatic imine (C=N–C) groups is 1. The minimum atomic E-state index is -0.480. The lowest BCUT2D eigenvalue weighted by molar-refractivity contribution is 0.0922. The third-order valence-electron chi connectivity index (χ3n) is 4.75. The number of nitrogens with two attached hydrogens (primary N) is 1. The molecule has 8 heteroatoms. The number of hydrogen-bond donors (Lipinski definition) is 2. The zero-order valence-corrected chi connectivity index (χ0v) is 16.5. The van der Waals surface area contributed by atoms with Crippen molar-refractivity contribution in [1.82, 2.24) is 5.32 Å². The Balaban J connectivity index is 1.78. The van der Waals surface area contributed by atoms with E-state index in [1.54, 1.807) is 36.4 Å². The van der Waals surface area contributed by atoms with Crippen LogP contribution in [0.15, 0.2) is 41.4 Å². The summed E-state index contributed by atoms with van der Waals surface area (Å²) in [4.78, 5) is 28.7. The molecule has 1 aliphatic rings. The van der Waals surface area contributed by atoms with E-state index in [9.17, 15) is 9.59 Å². The highest BCUT2D eigenvalue weighted by molar-refractivity contribution is 6.03. The van der Waals surface area contributed by atoms with Crippen molar-refractivity contribution in [3.05, 3.63) is 53.1 Å². The number of methoxy groups -OCH3 is 3. The van der Waals surface area contributed by atoms with Crippen LogP contribution in [0.5, 0.6) is 17.2 Å². The molecule has 2 aromatic carbocycles. The Morgan fingerprint density at radius 3 is 2.07 bits per heavy atom. The maximum absolute atomic E-state index is 13.0. The highest BCUT2D eigenvalue weighted by Gasteiger charge is 2.26. The second-order valence-corrected chi connectivity index (χ2v) is 6.49. The predicted octanol–water partition coefficient (Wildman–Crippen LogP) is 1.66. The third-order valence-corrected chi connectivity index (χ3v) is 4.75. The van der Waals surface area contributed by atoms with Crippen molar-refractivity contribution in [1.29, 1.82) is 0 Å². The Morgan fingerprint density at radius 2 is 1.62 bits per heavy atom. The number of ketones is 1. The van der Waals surface area contributed by atoms with Crippen molar-refractivity contribution < 1.29 is 23.8 Å². The summed E-state index contributed by atoms with van der Waals surface area (Å²) in [7, 11) is 4.53. The molecule has 0 spiro atoms. The standard InChI is InChI=1S/C21H23N3O5/c1-27-16-8-14(9-17(28-2)19(16)29-3)18(25)15-10-23-21(24-11-15)13-6-4-12(5-7-13)20(22)26/h4-9,15H,10-11H2,1-3H3,(H2,22,26)(H,23,24). The van der Waals surface area contributed by atoms with E-state index in [1.165, 1.54) is 21.3 Å². The van der Waals surface area contributed by atoms with Gasteiger partial charge in [-0.1, -0.05) is 12.1 Å². The molecule has 1 atom stereocenters. The lowest BCUT2D eigenvalue weighted by Crippen LogP contribution is -2.39. The molecule has 152 valence electrons. The van der Waals surface area contributed by atoms with E-state index in [2.05, 4.69) is 10.3 Å². The Hall–Kier alpha value is -3.55. The summed E-state index contributed by atoms with van der Waals surface area (Å²) in [6, 6.07) is 10.1. The molecular weight excluding hydrogens is 374 g/mol.